The highest BCUT2D eigenvalue weighted by atomic mass is 127. The number of carbonyl (C=O) groups is 1. The van der Waals surface area contributed by atoms with Crippen LogP contribution >= 0.6 is 34.2 Å². The van der Waals surface area contributed by atoms with Gasteiger partial charge in [0.05, 0.1) is 29.7 Å². The van der Waals surface area contributed by atoms with Gasteiger partial charge in [0.2, 0.25) is 0 Å². The van der Waals surface area contributed by atoms with E-state index >= 15 is 0 Å². The molecule has 0 fully saturated rings. The molecule has 1 aromatic heterocycles. The lowest BCUT2D eigenvalue weighted by Crippen LogP contribution is -2.12. The molecule has 0 aliphatic heterocycles. The Morgan fingerprint density at radius 2 is 1.93 bits per heavy atom. The first-order valence-electron chi connectivity index (χ1n) is 8.23. The molecule has 148 valence electrons. The zero-order chi connectivity index (χ0) is 20.5. The van der Waals surface area contributed by atoms with E-state index in [1.807, 2.05) is 22.6 Å². The molecule has 9 heteroatoms. The normalized spacial score (nSPS) is 11.6. The Morgan fingerprint density at radius 3 is 2.57 bits per heavy atom. The van der Waals surface area contributed by atoms with Crippen LogP contribution in [0.3, 0.4) is 0 Å². The van der Waals surface area contributed by atoms with E-state index in [4.69, 9.17) is 21.1 Å². The number of carbonyl (C=O) groups excluding carboxylic acids is 1. The Morgan fingerprint density at radius 1 is 1.18 bits per heavy atom. The molecule has 1 heterocycles. The molecule has 2 aromatic carbocycles. The number of hydrogen-bond donors (Lipinski definition) is 0. The van der Waals surface area contributed by atoms with E-state index in [-0.39, 0.29) is 17.3 Å². The molecule has 0 radical (unpaired) electrons. The zero-order valence-corrected chi connectivity index (χ0v) is 18.8. The summed E-state index contributed by atoms with van der Waals surface area (Å²) in [6.45, 7) is 0. The lowest BCUT2D eigenvalue weighted by Gasteiger charge is -2.09. The molecule has 0 N–H and O–H groups in total. The first-order valence-corrected chi connectivity index (χ1v) is 11.1. The third-order valence-electron chi connectivity index (χ3n) is 4.33. The van der Waals surface area contributed by atoms with Crippen LogP contribution in [-0.2, 0) is 26.0 Å². The van der Waals surface area contributed by atoms with Gasteiger partial charge in [-0.15, -0.1) is 0 Å². The van der Waals surface area contributed by atoms with Gasteiger partial charge in [0, 0.05) is 21.6 Å². The summed E-state index contributed by atoms with van der Waals surface area (Å²) in [5.74, 6) is 0.232. The van der Waals surface area contributed by atoms with Crippen molar-refractivity contribution >= 4 is 61.1 Å². The fourth-order valence-electron chi connectivity index (χ4n) is 2.86. The first kappa shape index (κ1) is 20.9. The summed E-state index contributed by atoms with van der Waals surface area (Å²) < 4.78 is 38.4. The molecule has 3 aromatic rings. The van der Waals surface area contributed by atoms with E-state index in [0.29, 0.717) is 33.7 Å². The lowest BCUT2D eigenvalue weighted by molar-refractivity contribution is -0.140. The summed E-state index contributed by atoms with van der Waals surface area (Å²) in [5, 5.41) is 1.06. The summed E-state index contributed by atoms with van der Waals surface area (Å²) in [6.07, 6.45) is 2.02. The third-order valence-corrected chi connectivity index (χ3v) is 7.58. The SMILES string of the molecule is COC(=O)CCc1cn(S(=O)(=O)c2ccc(I)c(Cl)c2)c2ccc(OC)cc12. The molecule has 0 unspecified atom stereocenters. The van der Waals surface area contributed by atoms with E-state index < -0.39 is 10.0 Å². The number of hydrogen-bond acceptors (Lipinski definition) is 5. The van der Waals surface area contributed by atoms with Crippen LogP contribution < -0.4 is 4.74 Å². The molecule has 0 aliphatic carbocycles. The molecule has 0 bridgehead atoms. The number of halogens is 2. The molecule has 0 saturated heterocycles. The maximum absolute atomic E-state index is 13.3. The molecule has 0 amide bonds. The predicted octanol–water partition coefficient (Wildman–Crippen LogP) is 4.25. The van der Waals surface area contributed by atoms with Crippen molar-refractivity contribution in [2.24, 2.45) is 0 Å². The minimum atomic E-state index is -3.88. The minimum absolute atomic E-state index is 0.0881. The molecular weight excluding hydrogens is 517 g/mol. The van der Waals surface area contributed by atoms with Crippen LogP contribution in [0.5, 0.6) is 5.75 Å². The van der Waals surface area contributed by atoms with Gasteiger partial charge in [-0.3, -0.25) is 4.79 Å². The lowest BCUT2D eigenvalue weighted by atomic mass is 10.1. The maximum atomic E-state index is 13.3. The summed E-state index contributed by atoms with van der Waals surface area (Å²) in [5.41, 5.74) is 1.20. The van der Waals surface area contributed by atoms with Gasteiger partial charge >= 0.3 is 5.97 Å². The van der Waals surface area contributed by atoms with Crippen molar-refractivity contribution in [1.82, 2.24) is 3.97 Å². The highest BCUT2D eigenvalue weighted by Gasteiger charge is 2.22. The van der Waals surface area contributed by atoms with Gasteiger partial charge in [0.15, 0.2) is 0 Å². The molecule has 28 heavy (non-hydrogen) atoms. The second kappa shape index (κ2) is 8.30. The van der Waals surface area contributed by atoms with Crippen LogP contribution in [0.25, 0.3) is 10.9 Å². The van der Waals surface area contributed by atoms with Crippen LogP contribution in [0.2, 0.25) is 5.02 Å². The van der Waals surface area contributed by atoms with Crippen molar-refractivity contribution in [2.45, 2.75) is 17.7 Å². The van der Waals surface area contributed by atoms with E-state index in [2.05, 4.69) is 0 Å². The minimum Gasteiger partial charge on any atom is -0.497 e. The van der Waals surface area contributed by atoms with Crippen molar-refractivity contribution in [1.29, 1.82) is 0 Å². The molecule has 0 atom stereocenters. The molecular formula is C19H17ClINO5S. The summed E-state index contributed by atoms with van der Waals surface area (Å²) in [7, 11) is -1.02. The highest BCUT2D eigenvalue weighted by Crippen LogP contribution is 2.31. The van der Waals surface area contributed by atoms with Crippen LogP contribution in [0.15, 0.2) is 47.5 Å². The Balaban J connectivity index is 2.16. The van der Waals surface area contributed by atoms with Gasteiger partial charge in [0.1, 0.15) is 5.75 Å². The van der Waals surface area contributed by atoms with Crippen LogP contribution in [0.4, 0.5) is 0 Å². The Hall–Kier alpha value is -1.78. The number of aromatic nitrogens is 1. The average molecular weight is 534 g/mol. The summed E-state index contributed by atoms with van der Waals surface area (Å²) >= 11 is 8.16. The molecule has 3 rings (SSSR count). The summed E-state index contributed by atoms with van der Waals surface area (Å²) in [6, 6.07) is 9.74. The Bertz CT molecular complexity index is 1160. The predicted molar refractivity (Wildman–Crippen MR) is 116 cm³/mol. The van der Waals surface area contributed by atoms with Crippen molar-refractivity contribution in [3.05, 3.63) is 56.8 Å². The third kappa shape index (κ3) is 3.99. The Kier molecular flexibility index (Phi) is 6.21. The number of fused-ring (bicyclic) bond motifs is 1. The molecule has 6 nitrogen and oxygen atoms in total. The second-order valence-electron chi connectivity index (χ2n) is 5.99. The van der Waals surface area contributed by atoms with E-state index in [9.17, 15) is 13.2 Å². The Labute approximate surface area is 181 Å². The maximum Gasteiger partial charge on any atom is 0.305 e. The van der Waals surface area contributed by atoms with E-state index in [1.54, 1.807) is 24.3 Å². The summed E-state index contributed by atoms with van der Waals surface area (Å²) in [4.78, 5) is 11.6. The number of ether oxygens (including phenoxy) is 2. The number of benzene rings is 2. The van der Waals surface area contributed by atoms with Gasteiger partial charge < -0.3 is 9.47 Å². The first-order chi connectivity index (χ1) is 13.3. The molecule has 0 saturated carbocycles. The number of esters is 1. The fraction of sp³-hybridized carbons (Fsp3) is 0.211. The number of rotatable bonds is 6. The largest absolute Gasteiger partial charge is 0.497 e. The molecule has 0 aliphatic rings. The van der Waals surface area contributed by atoms with Crippen molar-refractivity contribution in [2.75, 3.05) is 14.2 Å². The number of nitrogens with zero attached hydrogens (tertiary/aromatic N) is 1. The van der Waals surface area contributed by atoms with Crippen molar-refractivity contribution in [3.63, 3.8) is 0 Å². The van der Waals surface area contributed by atoms with Crippen LogP contribution in [0.1, 0.15) is 12.0 Å². The van der Waals surface area contributed by atoms with Crippen molar-refractivity contribution in [3.8, 4) is 5.75 Å². The van der Waals surface area contributed by atoms with Gasteiger partial charge in [-0.1, -0.05) is 11.6 Å². The van der Waals surface area contributed by atoms with Crippen LogP contribution in [0, 0.1) is 3.57 Å². The van der Waals surface area contributed by atoms with Gasteiger partial charge in [0.25, 0.3) is 10.0 Å². The second-order valence-corrected chi connectivity index (χ2v) is 9.37. The zero-order valence-electron chi connectivity index (χ0n) is 15.1. The van der Waals surface area contributed by atoms with Gasteiger partial charge in [-0.05, 0) is 71.0 Å². The van der Waals surface area contributed by atoms with Gasteiger partial charge in [-0.2, -0.15) is 0 Å². The fourth-order valence-corrected chi connectivity index (χ4v) is 4.86. The van der Waals surface area contributed by atoms with Crippen LogP contribution in [-0.4, -0.2) is 32.6 Å². The van der Waals surface area contributed by atoms with E-state index in [1.165, 1.54) is 36.5 Å². The molecule has 0 spiro atoms. The topological polar surface area (TPSA) is 74.6 Å². The van der Waals surface area contributed by atoms with Crippen molar-refractivity contribution < 1.29 is 22.7 Å². The number of aryl methyl sites for hydroxylation is 1. The number of methoxy groups -OCH3 is 2. The monoisotopic (exact) mass is 533 g/mol. The average Bonchev–Trinajstić information content (AvgIpc) is 3.06. The smallest absolute Gasteiger partial charge is 0.305 e. The highest BCUT2D eigenvalue weighted by molar-refractivity contribution is 14.1. The standard InChI is InChI=1S/C19H17ClINO5S/c1-26-13-4-7-18-15(9-13)12(3-8-19(23)27-2)11-22(18)28(24,25)14-5-6-17(21)16(20)10-14/h4-7,9-11H,3,8H2,1-2H3. The van der Waals surface area contributed by atoms with E-state index in [0.717, 1.165) is 3.57 Å². The van der Waals surface area contributed by atoms with Gasteiger partial charge in [-0.25, -0.2) is 12.4 Å². The quantitative estimate of drug-likeness (QED) is 0.350.